The van der Waals surface area contributed by atoms with E-state index in [0.29, 0.717) is 6.10 Å². The minimum atomic E-state index is 0. The van der Waals surface area contributed by atoms with Crippen molar-refractivity contribution in [1.29, 1.82) is 0 Å². The van der Waals surface area contributed by atoms with Crippen molar-refractivity contribution in [2.75, 3.05) is 19.7 Å². The van der Waals surface area contributed by atoms with Gasteiger partial charge in [-0.25, -0.2) is 0 Å². The molecule has 2 nitrogen and oxygen atoms in total. The third kappa shape index (κ3) is 5.01. The van der Waals surface area contributed by atoms with Crippen LogP contribution in [0.3, 0.4) is 0 Å². The van der Waals surface area contributed by atoms with E-state index in [4.69, 9.17) is 4.74 Å². The van der Waals surface area contributed by atoms with Gasteiger partial charge < -0.3 is 40.0 Å². The summed E-state index contributed by atoms with van der Waals surface area (Å²) in [6.45, 7) is 8.93. The van der Waals surface area contributed by atoms with Crippen LogP contribution in [0.2, 0.25) is 0 Å². The van der Waals surface area contributed by atoms with Crippen molar-refractivity contribution in [3.8, 4) is 0 Å². The molecular weight excluding hydrogens is 290 g/mol. The van der Waals surface area contributed by atoms with Crippen LogP contribution >= 0.6 is 0 Å². The van der Waals surface area contributed by atoms with Crippen molar-refractivity contribution in [2.24, 2.45) is 0 Å². The third-order valence-electron chi connectivity index (χ3n) is 3.17. The molecule has 0 amide bonds. The molecule has 1 aliphatic rings. The van der Waals surface area contributed by atoms with E-state index in [2.05, 4.69) is 30.5 Å². The van der Waals surface area contributed by atoms with Gasteiger partial charge in [0.05, 0.1) is 12.7 Å². The van der Waals surface area contributed by atoms with Crippen LogP contribution in [0, 0.1) is 0 Å². The summed E-state index contributed by atoms with van der Waals surface area (Å²) >= 11 is 0. The molecule has 114 valence electrons. The van der Waals surface area contributed by atoms with Gasteiger partial charge in [-0.15, -0.1) is 18.7 Å². The number of morpholine rings is 1. The molecule has 3 rings (SSSR count). The van der Waals surface area contributed by atoms with E-state index in [9.17, 15) is 0 Å². The Morgan fingerprint density at radius 3 is 2.25 bits per heavy atom. The predicted molar refractivity (Wildman–Crippen MR) is 80.1 cm³/mol. The average molecular weight is 311 g/mol. The number of rotatable bonds is 2. The van der Waals surface area contributed by atoms with E-state index < -0.39 is 0 Å². The maximum absolute atomic E-state index is 5.49. The monoisotopic (exact) mass is 311 g/mol. The van der Waals surface area contributed by atoms with Gasteiger partial charge in [0, 0.05) is 30.2 Å². The summed E-state index contributed by atoms with van der Waals surface area (Å²) in [7, 11) is 0. The normalized spacial score (nSPS) is 17.6. The molecule has 3 heteroatoms. The van der Waals surface area contributed by atoms with Crippen molar-refractivity contribution < 1.29 is 21.8 Å². The van der Waals surface area contributed by atoms with Crippen LogP contribution in [-0.2, 0) is 21.8 Å². The first kappa shape index (κ1) is 16.8. The van der Waals surface area contributed by atoms with Gasteiger partial charge >= 0.3 is 0 Å². The third-order valence-corrected chi connectivity index (χ3v) is 3.17. The number of nitrogens with zero attached hydrogens (tertiary/aromatic N) is 1. The Bertz CT molecular complexity index is 444. The van der Waals surface area contributed by atoms with Gasteiger partial charge in [0.15, 0.2) is 0 Å². The maximum Gasteiger partial charge on any atom is 0.0722 e. The fourth-order valence-electron chi connectivity index (χ4n) is 2.13. The smallest absolute Gasteiger partial charge is 0.0722 e. The molecule has 1 heterocycles. The SMILES string of the molecule is C=C([c-]1cccc1)N1CCOC(C)C1.[Fe].[cH-]1[cH-][cH-][cH-][cH-]1. The number of ether oxygens (including phenoxy) is 1. The van der Waals surface area contributed by atoms with Crippen LogP contribution in [-0.4, -0.2) is 30.7 Å². The molecule has 0 bridgehead atoms. The van der Waals surface area contributed by atoms with Gasteiger partial charge in [-0.2, -0.15) is 12.1 Å². The summed E-state index contributed by atoms with van der Waals surface area (Å²) in [6, 6.07) is 18.3. The van der Waals surface area contributed by atoms with Crippen molar-refractivity contribution >= 4 is 5.70 Å². The van der Waals surface area contributed by atoms with E-state index in [1.54, 1.807) is 0 Å². The molecular formula is C17H21FeNO-6. The summed E-state index contributed by atoms with van der Waals surface area (Å²) in [5.41, 5.74) is 2.34. The quantitative estimate of drug-likeness (QED) is 0.622. The van der Waals surface area contributed by atoms with E-state index in [1.807, 2.05) is 42.5 Å². The Morgan fingerprint density at radius 1 is 1.20 bits per heavy atom. The average Bonchev–Trinajstić information content (AvgIpc) is 3.13. The standard InChI is InChI=1S/C12H16NO.C5H5.Fe/c1-10-9-13(7-8-14-10)11(2)12-5-3-4-6-12;1-2-4-5-3-1;/h3-6,10H,2,7-9H2,1H3;1-5H;/q-1;-5;. The summed E-state index contributed by atoms with van der Waals surface area (Å²) in [4.78, 5) is 2.30. The molecule has 0 saturated carbocycles. The molecule has 0 aromatic heterocycles. The number of hydrogen-bond donors (Lipinski definition) is 0. The fourth-order valence-corrected chi connectivity index (χ4v) is 2.13. The van der Waals surface area contributed by atoms with Gasteiger partial charge in [0.25, 0.3) is 0 Å². The molecule has 20 heavy (non-hydrogen) atoms. The molecule has 1 unspecified atom stereocenters. The summed E-state index contributed by atoms with van der Waals surface area (Å²) in [6.07, 6.45) is 0.315. The largest absolute Gasteiger partial charge is 0.748 e. The molecule has 2 aromatic carbocycles. The van der Waals surface area contributed by atoms with Crippen molar-refractivity contribution in [2.45, 2.75) is 13.0 Å². The number of hydrogen-bond acceptors (Lipinski definition) is 2. The van der Waals surface area contributed by atoms with Gasteiger partial charge in [0.1, 0.15) is 0 Å². The fraction of sp³-hybridized carbons (Fsp3) is 0.294. The second-order valence-corrected chi connectivity index (χ2v) is 4.71. The topological polar surface area (TPSA) is 12.5 Å². The van der Waals surface area contributed by atoms with E-state index in [1.165, 1.54) is 5.56 Å². The Balaban J connectivity index is 0.000000283. The zero-order valence-electron chi connectivity index (χ0n) is 11.8. The first-order chi connectivity index (χ1) is 9.27. The van der Waals surface area contributed by atoms with Crippen LogP contribution in [0.4, 0.5) is 0 Å². The Kier molecular flexibility index (Phi) is 7.38. The second-order valence-electron chi connectivity index (χ2n) is 4.71. The van der Waals surface area contributed by atoms with Crippen LogP contribution in [0.1, 0.15) is 12.5 Å². The van der Waals surface area contributed by atoms with Crippen LogP contribution in [0.15, 0.2) is 61.2 Å². The maximum atomic E-state index is 5.49. The Morgan fingerprint density at radius 2 is 1.75 bits per heavy atom. The second kappa shape index (κ2) is 8.80. The zero-order valence-corrected chi connectivity index (χ0v) is 12.9. The molecule has 0 N–H and O–H groups in total. The van der Waals surface area contributed by atoms with E-state index in [-0.39, 0.29) is 17.1 Å². The van der Waals surface area contributed by atoms with Gasteiger partial charge in [-0.05, 0) is 12.6 Å². The minimum Gasteiger partial charge on any atom is -0.748 e. The summed E-state index contributed by atoms with van der Waals surface area (Å²) in [5, 5.41) is 0. The molecule has 1 atom stereocenters. The van der Waals surface area contributed by atoms with Crippen molar-refractivity contribution in [1.82, 2.24) is 4.90 Å². The molecule has 0 aliphatic carbocycles. The molecule has 2 aromatic rings. The zero-order chi connectivity index (χ0) is 13.5. The molecule has 1 saturated heterocycles. The Labute approximate surface area is 132 Å². The predicted octanol–water partition coefficient (Wildman–Crippen LogP) is 3.50. The van der Waals surface area contributed by atoms with Crippen LogP contribution < -0.4 is 0 Å². The Hall–Kier alpha value is -1.28. The first-order valence-electron chi connectivity index (χ1n) is 6.71. The van der Waals surface area contributed by atoms with Crippen molar-refractivity contribution in [3.63, 3.8) is 0 Å². The molecule has 1 aliphatic heterocycles. The molecule has 1 fully saturated rings. The van der Waals surface area contributed by atoms with E-state index >= 15 is 0 Å². The van der Waals surface area contributed by atoms with E-state index in [0.717, 1.165) is 25.4 Å². The molecule has 0 spiro atoms. The molecule has 0 radical (unpaired) electrons. The van der Waals surface area contributed by atoms with Gasteiger partial charge in [-0.3, -0.25) is 0 Å². The van der Waals surface area contributed by atoms with Gasteiger partial charge in [-0.1, -0.05) is 5.56 Å². The minimum absolute atomic E-state index is 0. The van der Waals surface area contributed by atoms with Gasteiger partial charge in [0.2, 0.25) is 0 Å². The van der Waals surface area contributed by atoms with Crippen molar-refractivity contribution in [3.05, 3.63) is 66.7 Å². The summed E-state index contributed by atoms with van der Waals surface area (Å²) < 4.78 is 5.49. The first-order valence-corrected chi connectivity index (χ1v) is 6.71. The summed E-state index contributed by atoms with van der Waals surface area (Å²) in [5.74, 6) is 0. The van der Waals surface area contributed by atoms with Crippen LogP contribution in [0.5, 0.6) is 0 Å². The van der Waals surface area contributed by atoms with Crippen LogP contribution in [0.25, 0.3) is 5.70 Å².